The van der Waals surface area contributed by atoms with Gasteiger partial charge in [0.15, 0.2) is 9.84 Å². The molecule has 7 nitrogen and oxygen atoms in total. The first kappa shape index (κ1) is 15.6. The van der Waals surface area contributed by atoms with E-state index in [9.17, 15) is 17.6 Å². The van der Waals surface area contributed by atoms with Gasteiger partial charge < -0.3 is 5.32 Å². The van der Waals surface area contributed by atoms with E-state index in [0.717, 1.165) is 0 Å². The molecule has 0 saturated carbocycles. The molecule has 1 aliphatic rings. The largest absolute Gasteiger partial charge is 0.311 e. The Labute approximate surface area is 132 Å². The van der Waals surface area contributed by atoms with Crippen molar-refractivity contribution >= 4 is 21.6 Å². The molecule has 1 unspecified atom stereocenters. The number of hydrogen-bond acceptors (Lipinski definition) is 5. The molecule has 1 amide bonds. The van der Waals surface area contributed by atoms with Crippen LogP contribution in [0.15, 0.2) is 30.6 Å². The van der Waals surface area contributed by atoms with E-state index in [1.807, 2.05) is 0 Å². The van der Waals surface area contributed by atoms with Gasteiger partial charge in [-0.25, -0.2) is 17.5 Å². The molecule has 3 heterocycles. The molecule has 0 spiro atoms. The fourth-order valence-electron chi connectivity index (χ4n) is 2.56. The van der Waals surface area contributed by atoms with Gasteiger partial charge in [-0.1, -0.05) is 0 Å². The fraction of sp³-hybridized carbons (Fsp3) is 0.357. The number of carbonyl (C=O) groups excluding carboxylic acids is 1. The van der Waals surface area contributed by atoms with Gasteiger partial charge in [-0.05, 0) is 18.6 Å². The molecule has 3 rings (SSSR count). The van der Waals surface area contributed by atoms with Gasteiger partial charge in [0.1, 0.15) is 11.6 Å². The zero-order valence-corrected chi connectivity index (χ0v) is 13.0. The van der Waals surface area contributed by atoms with Gasteiger partial charge in [-0.15, -0.1) is 0 Å². The second-order valence-electron chi connectivity index (χ2n) is 5.37. The molecular weight excluding hydrogens is 323 g/mol. The first-order valence-electron chi connectivity index (χ1n) is 7.08. The average molecular weight is 338 g/mol. The molecule has 1 fully saturated rings. The van der Waals surface area contributed by atoms with Crippen LogP contribution in [0.4, 0.5) is 10.2 Å². The molecule has 1 N–H and O–H groups in total. The van der Waals surface area contributed by atoms with E-state index in [0.29, 0.717) is 12.2 Å². The van der Waals surface area contributed by atoms with Crippen LogP contribution in [-0.4, -0.2) is 40.6 Å². The van der Waals surface area contributed by atoms with Crippen LogP contribution in [0.5, 0.6) is 0 Å². The third kappa shape index (κ3) is 3.55. The second-order valence-corrected chi connectivity index (χ2v) is 7.60. The van der Waals surface area contributed by atoms with Crippen LogP contribution in [0.2, 0.25) is 0 Å². The van der Waals surface area contributed by atoms with Crippen LogP contribution in [0.1, 0.15) is 18.2 Å². The summed E-state index contributed by atoms with van der Waals surface area (Å²) < 4.78 is 38.1. The van der Waals surface area contributed by atoms with Crippen molar-refractivity contribution < 1.29 is 17.6 Å². The summed E-state index contributed by atoms with van der Waals surface area (Å²) in [7, 11) is -3.05. The first-order chi connectivity index (χ1) is 10.9. The van der Waals surface area contributed by atoms with Crippen molar-refractivity contribution in [2.45, 2.75) is 18.9 Å². The van der Waals surface area contributed by atoms with Crippen LogP contribution in [0, 0.1) is 5.82 Å². The number of amides is 1. The molecule has 1 saturated heterocycles. The Hall–Kier alpha value is -2.29. The van der Waals surface area contributed by atoms with Gasteiger partial charge in [0.25, 0.3) is 0 Å². The summed E-state index contributed by atoms with van der Waals surface area (Å²) in [5.41, 5.74) is 0.0551. The Morgan fingerprint density at radius 2 is 2.22 bits per heavy atom. The zero-order valence-electron chi connectivity index (χ0n) is 12.1. The summed E-state index contributed by atoms with van der Waals surface area (Å²) >= 11 is 0. The van der Waals surface area contributed by atoms with Crippen molar-refractivity contribution in [1.29, 1.82) is 0 Å². The highest BCUT2D eigenvalue weighted by atomic mass is 32.2. The Kier molecular flexibility index (Phi) is 4.12. The van der Waals surface area contributed by atoms with Gasteiger partial charge >= 0.3 is 0 Å². The number of halogens is 1. The molecule has 1 atom stereocenters. The zero-order chi connectivity index (χ0) is 16.4. The number of aromatic nitrogens is 3. The number of pyridine rings is 1. The smallest absolute Gasteiger partial charge is 0.231 e. The molecule has 0 bridgehead atoms. The van der Waals surface area contributed by atoms with E-state index in [1.54, 1.807) is 6.07 Å². The monoisotopic (exact) mass is 338 g/mol. The lowest BCUT2D eigenvalue weighted by Gasteiger charge is -2.13. The van der Waals surface area contributed by atoms with Crippen LogP contribution < -0.4 is 5.32 Å². The van der Waals surface area contributed by atoms with Crippen molar-refractivity contribution in [1.82, 2.24) is 14.8 Å². The van der Waals surface area contributed by atoms with E-state index >= 15 is 0 Å². The van der Waals surface area contributed by atoms with Crippen LogP contribution in [0.3, 0.4) is 0 Å². The highest BCUT2D eigenvalue weighted by Gasteiger charge is 2.31. The Balaban J connectivity index is 1.71. The SMILES string of the molecule is O=C(Cc1ncccc1F)Nc1ccnn1C1CCS(=O)(=O)C1. The van der Waals surface area contributed by atoms with Crippen molar-refractivity contribution in [3.63, 3.8) is 0 Å². The number of sulfone groups is 1. The highest BCUT2D eigenvalue weighted by molar-refractivity contribution is 7.91. The minimum absolute atomic E-state index is 0.00637. The average Bonchev–Trinajstić information content (AvgIpc) is 3.07. The van der Waals surface area contributed by atoms with Crippen molar-refractivity contribution in [3.05, 3.63) is 42.1 Å². The molecule has 2 aromatic rings. The lowest BCUT2D eigenvalue weighted by Crippen LogP contribution is -2.21. The van der Waals surface area contributed by atoms with Gasteiger partial charge in [0.2, 0.25) is 5.91 Å². The molecular formula is C14H15FN4O3S. The minimum Gasteiger partial charge on any atom is -0.311 e. The maximum absolute atomic E-state index is 13.5. The van der Waals surface area contributed by atoms with E-state index in [4.69, 9.17) is 0 Å². The fourth-order valence-corrected chi connectivity index (χ4v) is 4.25. The van der Waals surface area contributed by atoms with Crippen molar-refractivity contribution in [2.24, 2.45) is 0 Å². The van der Waals surface area contributed by atoms with Crippen LogP contribution in [0.25, 0.3) is 0 Å². The standard InChI is InChI=1S/C14H15FN4O3S/c15-11-2-1-5-16-12(11)8-14(20)18-13-3-6-17-19(13)10-4-7-23(21,22)9-10/h1-3,5-6,10H,4,7-9H2,(H,18,20). The van der Waals surface area contributed by atoms with Gasteiger partial charge in [0, 0.05) is 12.3 Å². The summed E-state index contributed by atoms with van der Waals surface area (Å²) in [5.74, 6) is -0.465. The predicted molar refractivity (Wildman–Crippen MR) is 81.1 cm³/mol. The predicted octanol–water partition coefficient (Wildman–Crippen LogP) is 0.958. The lowest BCUT2D eigenvalue weighted by atomic mass is 10.2. The molecule has 23 heavy (non-hydrogen) atoms. The molecule has 1 aliphatic heterocycles. The summed E-state index contributed by atoms with van der Waals surface area (Å²) in [4.78, 5) is 15.9. The van der Waals surface area contributed by atoms with E-state index < -0.39 is 21.6 Å². The molecule has 0 aromatic carbocycles. The van der Waals surface area contributed by atoms with Crippen LogP contribution >= 0.6 is 0 Å². The van der Waals surface area contributed by atoms with Gasteiger partial charge in [-0.2, -0.15) is 5.10 Å². The summed E-state index contributed by atoms with van der Waals surface area (Å²) in [6, 6.07) is 3.98. The van der Waals surface area contributed by atoms with Gasteiger partial charge in [-0.3, -0.25) is 9.78 Å². The van der Waals surface area contributed by atoms with Crippen molar-refractivity contribution in [2.75, 3.05) is 16.8 Å². The molecule has 0 aliphatic carbocycles. The molecule has 9 heteroatoms. The molecule has 2 aromatic heterocycles. The summed E-state index contributed by atoms with van der Waals surface area (Å²) in [5, 5.41) is 6.72. The molecule has 0 radical (unpaired) electrons. The third-order valence-electron chi connectivity index (χ3n) is 3.65. The number of anilines is 1. The van der Waals surface area contributed by atoms with Gasteiger partial charge in [0.05, 0.1) is 35.9 Å². The Morgan fingerprint density at radius 1 is 1.39 bits per heavy atom. The summed E-state index contributed by atoms with van der Waals surface area (Å²) in [6.45, 7) is 0. The van der Waals surface area contributed by atoms with E-state index in [2.05, 4.69) is 15.4 Å². The number of hydrogen-bond donors (Lipinski definition) is 1. The number of carbonyl (C=O) groups is 1. The maximum atomic E-state index is 13.5. The number of rotatable bonds is 4. The van der Waals surface area contributed by atoms with E-state index in [1.165, 1.54) is 29.2 Å². The Bertz CT molecular complexity index is 834. The quantitative estimate of drug-likeness (QED) is 0.896. The number of nitrogens with zero attached hydrogens (tertiary/aromatic N) is 3. The lowest BCUT2D eigenvalue weighted by molar-refractivity contribution is -0.115. The Morgan fingerprint density at radius 3 is 2.91 bits per heavy atom. The molecule has 122 valence electrons. The highest BCUT2D eigenvalue weighted by Crippen LogP contribution is 2.26. The summed E-state index contributed by atoms with van der Waals surface area (Å²) in [6.07, 6.45) is 3.16. The van der Waals surface area contributed by atoms with Crippen LogP contribution in [-0.2, 0) is 21.1 Å². The number of nitrogens with one attached hydrogen (secondary N) is 1. The second kappa shape index (κ2) is 6.07. The minimum atomic E-state index is -3.05. The first-order valence-corrected chi connectivity index (χ1v) is 8.90. The normalized spacial score (nSPS) is 19.6. The van der Waals surface area contributed by atoms with E-state index in [-0.39, 0.29) is 29.7 Å². The maximum Gasteiger partial charge on any atom is 0.231 e. The topological polar surface area (TPSA) is 93.9 Å². The van der Waals surface area contributed by atoms with Crippen molar-refractivity contribution in [3.8, 4) is 0 Å². The third-order valence-corrected chi connectivity index (χ3v) is 5.41.